The molecule has 0 spiro atoms. The average Bonchev–Trinajstić information content (AvgIpc) is 2.62. The minimum absolute atomic E-state index is 0.00795. The predicted molar refractivity (Wildman–Crippen MR) is 101 cm³/mol. The molecule has 0 N–H and O–H groups in total. The van der Waals surface area contributed by atoms with Gasteiger partial charge in [0.1, 0.15) is 11.5 Å². The summed E-state index contributed by atoms with van der Waals surface area (Å²) in [4.78, 5) is 23.0. The fourth-order valence-corrected chi connectivity index (χ4v) is 3.33. The van der Waals surface area contributed by atoms with Crippen molar-refractivity contribution in [2.75, 3.05) is 6.61 Å². The number of nitro groups is 1. The van der Waals surface area contributed by atoms with Crippen LogP contribution in [0.25, 0.3) is 0 Å². The highest BCUT2D eigenvalue weighted by Crippen LogP contribution is 2.37. The van der Waals surface area contributed by atoms with Crippen LogP contribution in [0.15, 0.2) is 53.4 Å². The fraction of sp³-hybridized carbons (Fsp3) is 0.316. The summed E-state index contributed by atoms with van der Waals surface area (Å²) in [5.74, 6) is 0.775. The average molecular weight is 375 g/mol. The zero-order chi connectivity index (χ0) is 18.9. The quantitative estimate of drug-likeness (QED) is 0.259. The third kappa shape index (κ3) is 6.07. The number of nitro benzene ring substituents is 1. The SMILES string of the molecule is CCOC(=O)CC[C@H](C)Sc1ccc(Oc2ccccc2)cc1[N+](=O)[O-]. The van der Waals surface area contributed by atoms with Crippen LogP contribution < -0.4 is 4.74 Å². The molecule has 0 aliphatic carbocycles. The molecule has 26 heavy (non-hydrogen) atoms. The van der Waals surface area contributed by atoms with Crippen molar-refractivity contribution < 1.29 is 19.2 Å². The lowest BCUT2D eigenvalue weighted by atomic mass is 10.2. The molecule has 0 bridgehead atoms. The summed E-state index contributed by atoms with van der Waals surface area (Å²) in [5.41, 5.74) is -0.00795. The van der Waals surface area contributed by atoms with Crippen molar-refractivity contribution in [2.24, 2.45) is 0 Å². The van der Waals surface area contributed by atoms with Gasteiger partial charge in [0.2, 0.25) is 0 Å². The second-order valence-corrected chi connectivity index (χ2v) is 7.05. The molecule has 2 aromatic rings. The molecule has 138 valence electrons. The van der Waals surface area contributed by atoms with E-state index in [9.17, 15) is 14.9 Å². The number of hydrogen-bond acceptors (Lipinski definition) is 6. The summed E-state index contributed by atoms with van der Waals surface area (Å²) >= 11 is 1.37. The van der Waals surface area contributed by atoms with Crippen LogP contribution in [0, 0.1) is 10.1 Å². The molecular weight excluding hydrogens is 354 g/mol. The third-order valence-electron chi connectivity index (χ3n) is 3.49. The van der Waals surface area contributed by atoms with Gasteiger partial charge in [0, 0.05) is 11.7 Å². The summed E-state index contributed by atoms with van der Waals surface area (Å²) in [5, 5.41) is 11.5. The van der Waals surface area contributed by atoms with E-state index in [0.717, 1.165) is 0 Å². The molecule has 0 fully saturated rings. The predicted octanol–water partition coefficient (Wildman–Crippen LogP) is 5.21. The Labute approximate surface area is 156 Å². The number of nitrogens with zero attached hydrogens (tertiary/aromatic N) is 1. The van der Waals surface area contributed by atoms with E-state index in [0.29, 0.717) is 35.8 Å². The monoisotopic (exact) mass is 375 g/mol. The maximum Gasteiger partial charge on any atom is 0.305 e. The molecule has 0 aliphatic heterocycles. The molecule has 7 heteroatoms. The van der Waals surface area contributed by atoms with E-state index in [1.165, 1.54) is 17.8 Å². The molecule has 0 saturated carbocycles. The van der Waals surface area contributed by atoms with Gasteiger partial charge in [0.05, 0.1) is 22.5 Å². The number of carbonyl (C=O) groups excluding carboxylic acids is 1. The molecule has 0 radical (unpaired) electrons. The molecule has 6 nitrogen and oxygen atoms in total. The number of thioether (sulfide) groups is 1. The normalized spacial score (nSPS) is 11.6. The molecule has 0 heterocycles. The minimum atomic E-state index is -0.418. The summed E-state index contributed by atoms with van der Waals surface area (Å²) in [6.45, 7) is 4.05. The highest BCUT2D eigenvalue weighted by atomic mass is 32.2. The van der Waals surface area contributed by atoms with E-state index in [-0.39, 0.29) is 16.9 Å². The Balaban J connectivity index is 2.06. The van der Waals surface area contributed by atoms with Crippen molar-refractivity contribution in [3.05, 3.63) is 58.6 Å². The van der Waals surface area contributed by atoms with Crippen molar-refractivity contribution in [1.29, 1.82) is 0 Å². The Morgan fingerprint density at radius 3 is 2.58 bits per heavy atom. The van der Waals surface area contributed by atoms with E-state index in [1.54, 1.807) is 31.2 Å². The Bertz CT molecular complexity index is 751. The first-order chi connectivity index (χ1) is 12.5. The van der Waals surface area contributed by atoms with Crippen molar-refractivity contribution >= 4 is 23.4 Å². The standard InChI is InChI=1S/C19H21NO5S/c1-3-24-19(21)12-9-14(2)26-18-11-10-16(13-17(18)20(22)23)25-15-7-5-4-6-8-15/h4-8,10-11,13-14H,3,9,12H2,1-2H3/t14-/m0/s1. The summed E-state index contributed by atoms with van der Waals surface area (Å²) < 4.78 is 10.6. The maximum absolute atomic E-state index is 11.4. The van der Waals surface area contributed by atoms with Gasteiger partial charge in [-0.3, -0.25) is 14.9 Å². The molecule has 2 aromatic carbocycles. The van der Waals surface area contributed by atoms with Crippen LogP contribution in [0.2, 0.25) is 0 Å². The Kier molecular flexibility index (Phi) is 7.47. The molecule has 0 unspecified atom stereocenters. The lowest BCUT2D eigenvalue weighted by Gasteiger charge is -2.12. The van der Waals surface area contributed by atoms with Crippen molar-refractivity contribution in [1.82, 2.24) is 0 Å². The van der Waals surface area contributed by atoms with Gasteiger partial charge in [-0.25, -0.2) is 0 Å². The lowest BCUT2D eigenvalue weighted by Crippen LogP contribution is -2.07. The molecule has 2 rings (SSSR count). The van der Waals surface area contributed by atoms with Gasteiger partial charge in [-0.2, -0.15) is 0 Å². The molecular formula is C19H21NO5S. The molecule has 1 atom stereocenters. The first kappa shape index (κ1) is 19.8. The number of hydrogen-bond donors (Lipinski definition) is 0. The van der Waals surface area contributed by atoms with Gasteiger partial charge in [0.25, 0.3) is 5.69 Å². The van der Waals surface area contributed by atoms with Gasteiger partial charge < -0.3 is 9.47 Å². The zero-order valence-electron chi connectivity index (χ0n) is 14.7. The van der Waals surface area contributed by atoms with Gasteiger partial charge in [-0.05, 0) is 37.6 Å². The highest BCUT2D eigenvalue weighted by Gasteiger charge is 2.19. The minimum Gasteiger partial charge on any atom is -0.466 e. The van der Waals surface area contributed by atoms with Crippen LogP contribution in [-0.2, 0) is 9.53 Å². The Morgan fingerprint density at radius 2 is 1.92 bits per heavy atom. The van der Waals surface area contributed by atoms with Gasteiger partial charge in [-0.1, -0.05) is 25.1 Å². The number of benzene rings is 2. The van der Waals surface area contributed by atoms with E-state index in [1.807, 2.05) is 25.1 Å². The molecule has 0 saturated heterocycles. The topological polar surface area (TPSA) is 78.7 Å². The Morgan fingerprint density at radius 1 is 1.19 bits per heavy atom. The summed E-state index contributed by atoms with van der Waals surface area (Å²) in [6.07, 6.45) is 0.883. The van der Waals surface area contributed by atoms with E-state index in [4.69, 9.17) is 9.47 Å². The number of esters is 1. The lowest BCUT2D eigenvalue weighted by molar-refractivity contribution is -0.387. The van der Waals surface area contributed by atoms with E-state index < -0.39 is 4.92 Å². The van der Waals surface area contributed by atoms with Crippen LogP contribution in [0.4, 0.5) is 5.69 Å². The number of para-hydroxylation sites is 1. The van der Waals surface area contributed by atoms with Gasteiger partial charge in [-0.15, -0.1) is 11.8 Å². The first-order valence-corrected chi connectivity index (χ1v) is 9.21. The van der Waals surface area contributed by atoms with Gasteiger partial charge >= 0.3 is 5.97 Å². The first-order valence-electron chi connectivity index (χ1n) is 8.33. The van der Waals surface area contributed by atoms with E-state index in [2.05, 4.69) is 0 Å². The van der Waals surface area contributed by atoms with Crippen molar-refractivity contribution in [2.45, 2.75) is 36.8 Å². The summed E-state index contributed by atoms with van der Waals surface area (Å²) in [7, 11) is 0. The largest absolute Gasteiger partial charge is 0.466 e. The number of ether oxygens (including phenoxy) is 2. The van der Waals surface area contributed by atoms with Crippen molar-refractivity contribution in [3.63, 3.8) is 0 Å². The molecule has 0 amide bonds. The fourth-order valence-electron chi connectivity index (χ4n) is 2.26. The van der Waals surface area contributed by atoms with Crippen LogP contribution in [0.5, 0.6) is 11.5 Å². The smallest absolute Gasteiger partial charge is 0.305 e. The Hall–Kier alpha value is -2.54. The second-order valence-electron chi connectivity index (χ2n) is 5.57. The molecule has 0 aromatic heterocycles. The van der Waals surface area contributed by atoms with Crippen LogP contribution in [0.1, 0.15) is 26.7 Å². The van der Waals surface area contributed by atoms with Crippen LogP contribution >= 0.6 is 11.8 Å². The number of rotatable bonds is 9. The van der Waals surface area contributed by atoms with Crippen LogP contribution in [-0.4, -0.2) is 22.7 Å². The van der Waals surface area contributed by atoms with Crippen LogP contribution in [0.3, 0.4) is 0 Å². The zero-order valence-corrected chi connectivity index (χ0v) is 15.5. The second kappa shape index (κ2) is 9.82. The summed E-state index contributed by atoms with van der Waals surface area (Å²) in [6, 6.07) is 13.9. The maximum atomic E-state index is 11.4. The number of carbonyl (C=O) groups is 1. The van der Waals surface area contributed by atoms with Crippen molar-refractivity contribution in [3.8, 4) is 11.5 Å². The third-order valence-corrected chi connectivity index (χ3v) is 4.73. The van der Waals surface area contributed by atoms with E-state index >= 15 is 0 Å². The van der Waals surface area contributed by atoms with Gasteiger partial charge in [0.15, 0.2) is 0 Å². The molecule has 0 aliphatic rings. The highest BCUT2D eigenvalue weighted by molar-refractivity contribution is 8.00.